The number of hydrogen-bond acceptors (Lipinski definition) is 1. The van der Waals surface area contributed by atoms with Crippen molar-refractivity contribution in [3.05, 3.63) is 33.4 Å². The fourth-order valence-corrected chi connectivity index (χ4v) is 1.17. The van der Waals surface area contributed by atoms with E-state index in [0.717, 1.165) is 3.57 Å². The van der Waals surface area contributed by atoms with Crippen LogP contribution in [-0.2, 0) is 0 Å². The van der Waals surface area contributed by atoms with E-state index in [2.05, 4.69) is 22.6 Å². The number of primary amides is 1. The van der Waals surface area contributed by atoms with Crippen LogP contribution >= 0.6 is 22.6 Å². The Kier molecular flexibility index (Phi) is 1.85. The molecule has 1 aromatic rings. The van der Waals surface area contributed by atoms with Gasteiger partial charge in [0.05, 0.1) is 0 Å². The van der Waals surface area contributed by atoms with E-state index in [9.17, 15) is 4.79 Å². The van der Waals surface area contributed by atoms with E-state index in [0.29, 0.717) is 5.56 Å². The molecule has 0 spiro atoms. The smallest absolute Gasteiger partial charge is 0.248 e. The molecule has 1 amide bonds. The zero-order valence-corrected chi connectivity index (χ0v) is 7.25. The van der Waals surface area contributed by atoms with Crippen LogP contribution in [0.15, 0.2) is 24.3 Å². The third-order valence-electron chi connectivity index (χ3n) is 1.09. The van der Waals surface area contributed by atoms with Gasteiger partial charge in [0, 0.05) is 9.13 Å². The number of rotatable bonds is 1. The molecular formula is C7H6INO. The largest absolute Gasteiger partial charge is 0.366 e. The zero-order valence-electron chi connectivity index (χ0n) is 6.10. The summed E-state index contributed by atoms with van der Waals surface area (Å²) < 4.78 is 7.60. The molecule has 0 saturated heterocycles. The van der Waals surface area contributed by atoms with Gasteiger partial charge in [0.1, 0.15) is 0 Å². The lowest BCUT2D eigenvalue weighted by molar-refractivity contribution is 0.100. The normalized spacial score (nSPS) is 10.3. The number of amides is 1. The molecule has 0 aromatic heterocycles. The Bertz CT molecular complexity index is 277. The van der Waals surface area contributed by atoms with Gasteiger partial charge in [0.2, 0.25) is 5.91 Å². The van der Waals surface area contributed by atoms with Gasteiger partial charge < -0.3 is 5.73 Å². The number of carbonyl (C=O) groups is 1. The Morgan fingerprint density at radius 3 is 3.10 bits per heavy atom. The molecule has 0 aliphatic carbocycles. The van der Waals surface area contributed by atoms with Crippen LogP contribution in [0.3, 0.4) is 0 Å². The Hall–Kier alpha value is -0.580. The Labute approximate surface area is 74.0 Å². The summed E-state index contributed by atoms with van der Waals surface area (Å²) in [7, 11) is 0. The summed E-state index contributed by atoms with van der Waals surface area (Å²) in [5, 5.41) is 0. The van der Waals surface area contributed by atoms with Crippen LogP contribution in [0.2, 0.25) is 1.41 Å². The number of hydrogen-bond donors (Lipinski definition) is 1. The van der Waals surface area contributed by atoms with Crippen molar-refractivity contribution in [2.24, 2.45) is 5.73 Å². The first-order valence-electron chi connectivity index (χ1n) is 3.21. The lowest BCUT2D eigenvalue weighted by Gasteiger charge is -1.93. The summed E-state index contributed by atoms with van der Waals surface area (Å²) in [6.45, 7) is 0. The van der Waals surface area contributed by atoms with Gasteiger partial charge in [0.15, 0.2) is 1.41 Å². The van der Waals surface area contributed by atoms with Crippen LogP contribution in [0, 0.1) is 3.57 Å². The maximum Gasteiger partial charge on any atom is 0.248 e. The summed E-state index contributed by atoms with van der Waals surface area (Å²) >= 11 is 2.11. The zero-order chi connectivity index (χ0) is 8.27. The summed E-state index contributed by atoms with van der Waals surface area (Å²) in [5.41, 5.74) is 2.34. The van der Waals surface area contributed by atoms with Gasteiger partial charge in [-0.15, -0.1) is 0 Å². The van der Waals surface area contributed by atoms with Gasteiger partial charge >= 0.3 is 0 Å². The van der Waals surface area contributed by atoms with E-state index in [1.807, 2.05) is 11.8 Å². The first kappa shape index (κ1) is 6.15. The van der Waals surface area contributed by atoms with Gasteiger partial charge in [-0.3, -0.25) is 4.79 Å². The van der Waals surface area contributed by atoms with Crippen LogP contribution < -0.4 is 5.73 Å². The van der Waals surface area contributed by atoms with Gasteiger partial charge in [0.25, 0.3) is 0 Å². The molecule has 1 rings (SSSR count). The molecule has 52 valence electrons. The number of carbonyl (C=O) groups excluding carboxylic acids is 1. The molecule has 0 fully saturated rings. The third-order valence-corrected chi connectivity index (χ3v) is 1.76. The highest BCUT2D eigenvalue weighted by Crippen LogP contribution is 2.06. The van der Waals surface area contributed by atoms with Gasteiger partial charge in [-0.1, -0.05) is 6.07 Å². The maximum absolute atomic E-state index is 10.9. The van der Waals surface area contributed by atoms with Crippen molar-refractivity contribution in [2.45, 2.75) is 0 Å². The standard InChI is InChI=1S/C7H6INO/c8-6-3-1-2-5(4-6)7(9)10/h1-4H,(H2,9,10)/i/hD. The van der Waals surface area contributed by atoms with E-state index in [1.165, 1.54) is 0 Å². The second kappa shape index (κ2) is 3.01. The summed E-state index contributed by atoms with van der Waals surface area (Å²) in [6, 6.07) is 7.07. The summed E-state index contributed by atoms with van der Waals surface area (Å²) in [4.78, 5) is 10.9. The third kappa shape index (κ3) is 1.70. The molecule has 0 bridgehead atoms. The SMILES string of the molecule is [2H]NC(=O)c1cccc(I)c1. The monoisotopic (exact) mass is 248 g/mol. The second-order valence-corrected chi connectivity index (χ2v) is 3.09. The lowest BCUT2D eigenvalue weighted by Crippen LogP contribution is -2.10. The average Bonchev–Trinajstić information content (AvgIpc) is 2.03. The van der Waals surface area contributed by atoms with Crippen molar-refractivity contribution in [3.8, 4) is 0 Å². The number of nitrogens with two attached hydrogens (primary N) is 1. The van der Waals surface area contributed by atoms with Crippen molar-refractivity contribution in [2.75, 3.05) is 0 Å². The second-order valence-electron chi connectivity index (χ2n) is 1.84. The molecule has 0 heterocycles. The van der Waals surface area contributed by atoms with Crippen molar-refractivity contribution in [1.82, 2.24) is 0 Å². The van der Waals surface area contributed by atoms with Crippen molar-refractivity contribution >= 4 is 28.5 Å². The van der Waals surface area contributed by atoms with Gasteiger partial charge in [-0.2, -0.15) is 0 Å². The van der Waals surface area contributed by atoms with Crippen molar-refractivity contribution in [3.63, 3.8) is 0 Å². The molecule has 3 heteroatoms. The fraction of sp³-hybridized carbons (Fsp3) is 0. The Morgan fingerprint density at radius 1 is 1.70 bits per heavy atom. The maximum atomic E-state index is 10.9. The molecule has 0 atom stereocenters. The molecule has 2 nitrogen and oxygen atoms in total. The summed E-state index contributed by atoms with van der Waals surface area (Å²) in [6.07, 6.45) is 0. The van der Waals surface area contributed by atoms with Crippen molar-refractivity contribution in [1.29, 1.82) is 0 Å². The number of benzene rings is 1. The predicted molar refractivity (Wildman–Crippen MR) is 47.7 cm³/mol. The highest BCUT2D eigenvalue weighted by Gasteiger charge is 1.97. The Morgan fingerprint density at radius 2 is 2.50 bits per heavy atom. The minimum Gasteiger partial charge on any atom is -0.366 e. The quantitative estimate of drug-likeness (QED) is 0.750. The lowest BCUT2D eigenvalue weighted by atomic mass is 10.2. The first-order chi connectivity index (χ1) is 5.24. The topological polar surface area (TPSA) is 43.1 Å². The molecular weight excluding hydrogens is 241 g/mol. The molecule has 2 N–H and O–H groups in total. The van der Waals surface area contributed by atoms with E-state index in [-0.39, 0.29) is 5.91 Å². The van der Waals surface area contributed by atoms with Gasteiger partial charge in [-0.05, 0) is 40.8 Å². The highest BCUT2D eigenvalue weighted by molar-refractivity contribution is 14.1. The fourth-order valence-electron chi connectivity index (χ4n) is 0.630. The Balaban J connectivity index is 2.96. The minimum atomic E-state index is -0.372. The molecule has 0 unspecified atom stereocenters. The minimum absolute atomic E-state index is 0.372. The van der Waals surface area contributed by atoms with Crippen LogP contribution in [0.5, 0.6) is 0 Å². The van der Waals surface area contributed by atoms with E-state index < -0.39 is 0 Å². The molecule has 0 aliphatic heterocycles. The van der Waals surface area contributed by atoms with Crippen LogP contribution in [0.1, 0.15) is 10.4 Å². The van der Waals surface area contributed by atoms with Crippen LogP contribution in [-0.4, -0.2) is 5.91 Å². The van der Waals surface area contributed by atoms with E-state index >= 15 is 0 Å². The summed E-state index contributed by atoms with van der Waals surface area (Å²) in [5.74, 6) is -0.372. The van der Waals surface area contributed by atoms with Crippen LogP contribution in [0.25, 0.3) is 0 Å². The first-order valence-corrected chi connectivity index (χ1v) is 3.79. The van der Waals surface area contributed by atoms with Crippen LogP contribution in [0.4, 0.5) is 0 Å². The van der Waals surface area contributed by atoms with E-state index in [4.69, 9.17) is 1.41 Å². The average molecular weight is 248 g/mol. The van der Waals surface area contributed by atoms with E-state index in [1.54, 1.807) is 18.2 Å². The molecule has 0 aliphatic rings. The molecule has 10 heavy (non-hydrogen) atoms. The van der Waals surface area contributed by atoms with Crippen molar-refractivity contribution < 1.29 is 6.21 Å². The number of halogens is 1. The molecule has 1 aromatic carbocycles. The molecule has 0 saturated carbocycles. The molecule has 0 radical (unpaired) electrons. The predicted octanol–water partition coefficient (Wildman–Crippen LogP) is 1.39. The van der Waals surface area contributed by atoms with Gasteiger partial charge in [-0.25, -0.2) is 0 Å². The highest BCUT2D eigenvalue weighted by atomic mass is 127.